The quantitative estimate of drug-likeness (QED) is 0.341. The maximum Gasteiger partial charge on any atom is 0.333 e. The van der Waals surface area contributed by atoms with E-state index in [1.807, 2.05) is 25.1 Å². The molecular formula is C26H27N5O6S2. The van der Waals surface area contributed by atoms with Gasteiger partial charge in [-0.25, -0.2) is 15.1 Å². The molecule has 0 amide bonds. The van der Waals surface area contributed by atoms with Gasteiger partial charge in [0.2, 0.25) is 5.78 Å². The lowest BCUT2D eigenvalue weighted by Crippen LogP contribution is -2.24. The number of rotatable bonds is 8. The van der Waals surface area contributed by atoms with Crippen LogP contribution in [0.5, 0.6) is 0 Å². The van der Waals surface area contributed by atoms with E-state index in [0.29, 0.717) is 35.7 Å². The van der Waals surface area contributed by atoms with Crippen LogP contribution in [0.1, 0.15) is 61.3 Å². The number of fused-ring (bicyclic) bond motifs is 1. The first-order chi connectivity index (χ1) is 18.6. The molecule has 4 N–H and O–H groups in total. The zero-order chi connectivity index (χ0) is 27.7. The molecule has 1 saturated carbocycles. The molecule has 1 aliphatic carbocycles. The van der Waals surface area contributed by atoms with Gasteiger partial charge in [0, 0.05) is 23.0 Å². The van der Waals surface area contributed by atoms with Gasteiger partial charge in [-0.3, -0.25) is 8.98 Å². The number of carbonyl (C=O) groups excluding carboxylic acids is 1. The fraction of sp³-hybridized carbons (Fsp3) is 0.385. The van der Waals surface area contributed by atoms with Crippen molar-refractivity contribution in [3.63, 3.8) is 0 Å². The Balaban J connectivity index is 1.36. The molecule has 204 valence electrons. The number of aliphatic hydroxyl groups is 1. The third-order valence-corrected chi connectivity index (χ3v) is 8.61. The Bertz CT molecular complexity index is 1550. The highest BCUT2D eigenvalue weighted by Crippen LogP contribution is 2.39. The Labute approximate surface area is 229 Å². The molecule has 0 bridgehead atoms. The van der Waals surface area contributed by atoms with Crippen LogP contribution in [0.3, 0.4) is 0 Å². The number of ether oxygens (including phenoxy) is 1. The summed E-state index contributed by atoms with van der Waals surface area (Å²) in [7, 11) is -4.11. The number of nitriles is 1. The van der Waals surface area contributed by atoms with Crippen LogP contribution in [0.4, 0.5) is 5.82 Å². The van der Waals surface area contributed by atoms with E-state index < -0.39 is 22.3 Å². The molecule has 1 fully saturated rings. The van der Waals surface area contributed by atoms with Crippen molar-refractivity contribution in [3.05, 3.63) is 74.4 Å². The standard InChI is InChI=1S/C26H27N5O6S2/c1-14-19(25-20-6-15(10-27)2-3-16(20)4-5-36-25)9-23(38-14)24(33)21-11-29-13-30-26(21)31-18-7-17(22(32)8-18)12-37-39(28,34)35/h2-3,6,9,11,13,17-18,22,25,32H,4-5,7-8,12H2,1H3,(H2,28,34,35)(H,29,30,31)/t17-,18-,22+,25-/m1/s1. The van der Waals surface area contributed by atoms with Crippen LogP contribution in [-0.2, 0) is 25.6 Å². The number of aromatic nitrogens is 2. The minimum Gasteiger partial charge on any atom is -0.393 e. The molecule has 5 rings (SSSR count). The number of carbonyl (C=O) groups is 1. The summed E-state index contributed by atoms with van der Waals surface area (Å²) in [5, 5.41) is 27.8. The molecule has 3 aromatic rings. The van der Waals surface area contributed by atoms with Gasteiger partial charge in [0.1, 0.15) is 18.2 Å². The van der Waals surface area contributed by atoms with Gasteiger partial charge in [0.05, 0.1) is 41.4 Å². The summed E-state index contributed by atoms with van der Waals surface area (Å²) in [5.41, 5.74) is 3.77. The maximum atomic E-state index is 13.6. The van der Waals surface area contributed by atoms with Crippen molar-refractivity contribution in [2.75, 3.05) is 18.5 Å². The summed E-state index contributed by atoms with van der Waals surface area (Å²) in [6.07, 6.45) is 3.09. The third-order valence-electron chi connectivity index (χ3n) is 7.08. The summed E-state index contributed by atoms with van der Waals surface area (Å²) in [6.45, 7) is 2.25. The van der Waals surface area contributed by atoms with Crippen molar-refractivity contribution >= 4 is 33.2 Å². The van der Waals surface area contributed by atoms with Crippen molar-refractivity contribution in [1.29, 1.82) is 5.26 Å². The minimum atomic E-state index is -4.11. The molecule has 39 heavy (non-hydrogen) atoms. The molecule has 1 aliphatic heterocycles. The van der Waals surface area contributed by atoms with Gasteiger partial charge < -0.3 is 15.2 Å². The van der Waals surface area contributed by atoms with E-state index in [2.05, 4.69) is 25.5 Å². The number of nitrogens with two attached hydrogens (primary N) is 1. The SMILES string of the molecule is Cc1sc(C(=O)c2cncnc2N[C@@H]2C[C@H](COS(N)(=O)=O)[C@@H](O)C2)cc1[C@H]1OCCc2ccc(C#N)cc21. The largest absolute Gasteiger partial charge is 0.393 e. The Morgan fingerprint density at radius 1 is 1.33 bits per heavy atom. The van der Waals surface area contributed by atoms with Crippen molar-refractivity contribution in [1.82, 2.24) is 9.97 Å². The smallest absolute Gasteiger partial charge is 0.333 e. The second-order valence-corrected chi connectivity index (χ2v) is 12.2. The van der Waals surface area contributed by atoms with E-state index in [1.165, 1.54) is 23.9 Å². The molecule has 0 radical (unpaired) electrons. The summed E-state index contributed by atoms with van der Waals surface area (Å²) in [4.78, 5) is 23.4. The maximum absolute atomic E-state index is 13.6. The van der Waals surface area contributed by atoms with Gasteiger partial charge in [0.25, 0.3) is 0 Å². The number of thiophene rings is 1. The zero-order valence-electron chi connectivity index (χ0n) is 21.0. The predicted molar refractivity (Wildman–Crippen MR) is 142 cm³/mol. The van der Waals surface area contributed by atoms with Crippen LogP contribution in [0.15, 0.2) is 36.8 Å². The van der Waals surface area contributed by atoms with Crippen molar-refractivity contribution in [2.45, 2.75) is 44.4 Å². The molecule has 2 aliphatic rings. The molecule has 3 heterocycles. The summed E-state index contributed by atoms with van der Waals surface area (Å²) < 4.78 is 33.0. The van der Waals surface area contributed by atoms with Crippen LogP contribution < -0.4 is 10.5 Å². The normalized spacial score (nSPS) is 22.7. The lowest BCUT2D eigenvalue weighted by Gasteiger charge is -2.26. The predicted octanol–water partition coefficient (Wildman–Crippen LogP) is 2.38. The van der Waals surface area contributed by atoms with Crippen LogP contribution in [0.25, 0.3) is 0 Å². The average Bonchev–Trinajstić information content (AvgIpc) is 3.47. The topological polar surface area (TPSA) is 178 Å². The van der Waals surface area contributed by atoms with E-state index in [1.54, 1.807) is 6.07 Å². The Morgan fingerprint density at radius 3 is 2.92 bits per heavy atom. The van der Waals surface area contributed by atoms with Gasteiger partial charge in [-0.2, -0.15) is 13.7 Å². The lowest BCUT2D eigenvalue weighted by molar-refractivity contribution is 0.0697. The molecule has 4 atom stereocenters. The Morgan fingerprint density at radius 2 is 2.15 bits per heavy atom. The fourth-order valence-electron chi connectivity index (χ4n) is 5.16. The average molecular weight is 570 g/mol. The number of benzene rings is 1. The highest BCUT2D eigenvalue weighted by Gasteiger charge is 2.35. The third kappa shape index (κ3) is 6.01. The van der Waals surface area contributed by atoms with Crippen molar-refractivity contribution in [3.8, 4) is 6.07 Å². The number of hydrogen-bond acceptors (Lipinski definition) is 11. The molecule has 2 aromatic heterocycles. The molecule has 11 nitrogen and oxygen atoms in total. The van der Waals surface area contributed by atoms with E-state index in [-0.39, 0.29) is 30.1 Å². The Kier molecular flexibility index (Phi) is 7.77. The van der Waals surface area contributed by atoms with Crippen LogP contribution >= 0.6 is 11.3 Å². The second-order valence-electron chi connectivity index (χ2n) is 9.68. The van der Waals surface area contributed by atoms with E-state index >= 15 is 0 Å². The van der Waals surface area contributed by atoms with Crippen LogP contribution in [-0.4, -0.2) is 54.6 Å². The zero-order valence-corrected chi connectivity index (χ0v) is 22.7. The van der Waals surface area contributed by atoms with Gasteiger partial charge in [-0.15, -0.1) is 11.3 Å². The molecule has 13 heteroatoms. The highest BCUT2D eigenvalue weighted by molar-refractivity contribution is 7.84. The monoisotopic (exact) mass is 569 g/mol. The molecule has 1 aromatic carbocycles. The van der Waals surface area contributed by atoms with E-state index in [0.717, 1.165) is 28.0 Å². The first-order valence-electron chi connectivity index (χ1n) is 12.3. The fourth-order valence-corrected chi connectivity index (χ4v) is 6.52. The first-order valence-corrected chi connectivity index (χ1v) is 14.6. The number of nitrogens with one attached hydrogen (secondary N) is 1. The molecular weight excluding hydrogens is 542 g/mol. The van der Waals surface area contributed by atoms with Gasteiger partial charge in [-0.1, -0.05) is 6.07 Å². The molecule has 0 spiro atoms. The number of hydrogen-bond donors (Lipinski definition) is 3. The van der Waals surface area contributed by atoms with E-state index in [9.17, 15) is 23.6 Å². The van der Waals surface area contributed by atoms with Gasteiger partial charge >= 0.3 is 10.3 Å². The summed E-state index contributed by atoms with van der Waals surface area (Å²) in [6, 6.07) is 9.36. The lowest BCUT2D eigenvalue weighted by atomic mass is 9.91. The number of nitrogens with zero attached hydrogens (tertiary/aromatic N) is 3. The molecule has 0 saturated heterocycles. The summed E-state index contributed by atoms with van der Waals surface area (Å²) in [5.74, 6) is -0.373. The second kappa shape index (κ2) is 11.1. The van der Waals surface area contributed by atoms with Crippen molar-refractivity contribution < 1.29 is 27.2 Å². The van der Waals surface area contributed by atoms with Gasteiger partial charge in [0.15, 0.2) is 0 Å². The van der Waals surface area contributed by atoms with Gasteiger partial charge in [-0.05, 0) is 61.1 Å². The minimum absolute atomic E-state index is 0.229. The number of aryl methyl sites for hydroxylation is 1. The van der Waals surface area contributed by atoms with Crippen LogP contribution in [0, 0.1) is 24.2 Å². The van der Waals surface area contributed by atoms with E-state index in [4.69, 9.17) is 9.88 Å². The Hall–Kier alpha value is -3.25. The first kappa shape index (κ1) is 27.3. The highest BCUT2D eigenvalue weighted by atomic mass is 32.2. The van der Waals surface area contributed by atoms with Crippen LogP contribution in [0.2, 0.25) is 0 Å². The number of aliphatic hydroxyl groups excluding tert-OH is 1. The number of ketones is 1. The summed E-state index contributed by atoms with van der Waals surface area (Å²) >= 11 is 1.35. The molecule has 0 unspecified atom stereocenters. The number of anilines is 1. The van der Waals surface area contributed by atoms with Crippen molar-refractivity contribution in [2.24, 2.45) is 11.1 Å².